The highest BCUT2D eigenvalue weighted by atomic mass is 35.5. The lowest BCUT2D eigenvalue weighted by Gasteiger charge is -2.33. The van der Waals surface area contributed by atoms with Crippen molar-refractivity contribution in [3.8, 4) is 5.69 Å². The Hall–Kier alpha value is -1.60. The molecule has 3 aromatic rings. The van der Waals surface area contributed by atoms with E-state index in [1.54, 1.807) is 0 Å². The van der Waals surface area contributed by atoms with E-state index in [1.807, 2.05) is 46.8 Å². The molecule has 4 rings (SSSR count). The molecule has 0 unspecified atom stereocenters. The minimum Gasteiger partial charge on any atom is -0.333 e. The number of nitrogens with zero attached hydrogens (tertiary/aromatic N) is 3. The van der Waals surface area contributed by atoms with Gasteiger partial charge in [-0.2, -0.15) is 5.10 Å². The molecule has 0 saturated carbocycles. The molecule has 1 atom stereocenters. The second kappa shape index (κ2) is 7.56. The van der Waals surface area contributed by atoms with Crippen LogP contribution in [-0.4, -0.2) is 46.3 Å². The van der Waals surface area contributed by atoms with Crippen LogP contribution in [0, 0.1) is 6.92 Å². The third-order valence-electron chi connectivity index (χ3n) is 4.57. The van der Waals surface area contributed by atoms with Gasteiger partial charge in [-0.05, 0) is 38.1 Å². The number of amides is 1. The Morgan fingerprint density at radius 2 is 2.19 bits per heavy atom. The number of carbonyl (C=O) groups is 1. The molecule has 2 aromatic heterocycles. The van der Waals surface area contributed by atoms with E-state index < -0.39 is 0 Å². The van der Waals surface area contributed by atoms with Crippen LogP contribution in [0.1, 0.15) is 22.3 Å². The molecule has 5 nitrogen and oxygen atoms in total. The Morgan fingerprint density at radius 1 is 1.38 bits per heavy atom. The molecule has 1 N–H and O–H groups in total. The Labute approximate surface area is 167 Å². The first-order chi connectivity index (χ1) is 12.0. The lowest BCUT2D eigenvalue weighted by Crippen LogP contribution is -2.52. The average Bonchev–Trinajstić information content (AvgIpc) is 3.16. The summed E-state index contributed by atoms with van der Waals surface area (Å²) in [7, 11) is 0. The quantitative estimate of drug-likeness (QED) is 0.696. The molecule has 0 bridgehead atoms. The van der Waals surface area contributed by atoms with Gasteiger partial charge < -0.3 is 10.2 Å². The maximum Gasteiger partial charge on any atom is 0.264 e. The molecule has 1 saturated heterocycles. The van der Waals surface area contributed by atoms with E-state index in [2.05, 4.69) is 17.3 Å². The van der Waals surface area contributed by atoms with Crippen molar-refractivity contribution < 1.29 is 4.79 Å². The normalized spacial score (nSPS) is 17.3. The smallest absolute Gasteiger partial charge is 0.264 e. The third kappa shape index (κ3) is 3.34. The average molecular weight is 411 g/mol. The first-order valence-corrected chi connectivity index (χ1v) is 9.51. The van der Waals surface area contributed by atoms with E-state index in [-0.39, 0.29) is 24.4 Å². The summed E-state index contributed by atoms with van der Waals surface area (Å²) in [5.74, 6) is 0.104. The highest BCUT2D eigenvalue weighted by molar-refractivity contribution is 7.20. The van der Waals surface area contributed by atoms with Gasteiger partial charge in [-0.3, -0.25) is 4.79 Å². The predicted octanol–water partition coefficient (Wildman–Crippen LogP) is 3.90. The fourth-order valence-electron chi connectivity index (χ4n) is 3.22. The number of benzene rings is 1. The molecule has 26 heavy (non-hydrogen) atoms. The molecule has 1 amide bonds. The molecule has 0 radical (unpaired) electrons. The third-order valence-corrected chi connectivity index (χ3v) is 5.90. The number of carbonyl (C=O) groups excluding carboxylic acids is 1. The standard InChI is InChI=1S/C18H19ClN4OS.ClH/c1-11-10-20-6-7-22(11)17(24)16-9-15-12(2)21-23(18(15)25-16)14-5-3-4-13(19)8-14;/h3-5,8-9,11,20H,6-7,10H2,1-2H3;1H/t11-;/m1./s1. The van der Waals surface area contributed by atoms with Gasteiger partial charge in [-0.25, -0.2) is 4.68 Å². The van der Waals surface area contributed by atoms with E-state index >= 15 is 0 Å². The van der Waals surface area contributed by atoms with Crippen molar-refractivity contribution in [1.29, 1.82) is 0 Å². The lowest BCUT2D eigenvalue weighted by atomic mass is 10.2. The van der Waals surface area contributed by atoms with Gasteiger partial charge in [-0.1, -0.05) is 17.7 Å². The van der Waals surface area contributed by atoms with Crippen LogP contribution >= 0.6 is 35.3 Å². The Kier molecular flexibility index (Phi) is 5.58. The van der Waals surface area contributed by atoms with Crippen LogP contribution in [0.25, 0.3) is 15.9 Å². The van der Waals surface area contributed by atoms with E-state index in [4.69, 9.17) is 11.6 Å². The van der Waals surface area contributed by atoms with Crippen LogP contribution in [-0.2, 0) is 0 Å². The van der Waals surface area contributed by atoms with E-state index in [1.165, 1.54) is 11.3 Å². The van der Waals surface area contributed by atoms with Crippen LogP contribution in [0.4, 0.5) is 0 Å². The number of aryl methyl sites for hydroxylation is 1. The van der Waals surface area contributed by atoms with Gasteiger partial charge in [0.25, 0.3) is 5.91 Å². The Balaban J connectivity index is 0.00000196. The molecule has 3 heterocycles. The molecule has 1 aromatic carbocycles. The minimum atomic E-state index is 0. The van der Waals surface area contributed by atoms with Crippen molar-refractivity contribution in [3.05, 3.63) is 45.9 Å². The van der Waals surface area contributed by atoms with Gasteiger partial charge >= 0.3 is 0 Å². The predicted molar refractivity (Wildman–Crippen MR) is 109 cm³/mol. The summed E-state index contributed by atoms with van der Waals surface area (Å²) in [4.78, 5) is 16.6. The van der Waals surface area contributed by atoms with Crippen molar-refractivity contribution in [2.45, 2.75) is 19.9 Å². The van der Waals surface area contributed by atoms with Crippen molar-refractivity contribution in [2.75, 3.05) is 19.6 Å². The van der Waals surface area contributed by atoms with Gasteiger partial charge in [0.15, 0.2) is 0 Å². The fourth-order valence-corrected chi connectivity index (χ4v) is 4.54. The summed E-state index contributed by atoms with van der Waals surface area (Å²) in [6.45, 7) is 6.48. The number of halogens is 2. The van der Waals surface area contributed by atoms with Crippen LogP contribution in [0.15, 0.2) is 30.3 Å². The maximum absolute atomic E-state index is 12.9. The van der Waals surface area contributed by atoms with Crippen LogP contribution in [0.5, 0.6) is 0 Å². The summed E-state index contributed by atoms with van der Waals surface area (Å²) in [5, 5.41) is 9.63. The lowest BCUT2D eigenvalue weighted by molar-refractivity contribution is 0.0661. The number of aromatic nitrogens is 2. The number of piperazine rings is 1. The number of rotatable bonds is 2. The van der Waals surface area contributed by atoms with Crippen molar-refractivity contribution in [2.24, 2.45) is 0 Å². The monoisotopic (exact) mass is 410 g/mol. The van der Waals surface area contributed by atoms with Crippen molar-refractivity contribution >= 4 is 51.5 Å². The van der Waals surface area contributed by atoms with E-state index in [0.717, 1.165) is 46.1 Å². The molecular formula is C18H20Cl2N4OS. The topological polar surface area (TPSA) is 50.2 Å². The molecule has 0 aliphatic carbocycles. The molecule has 1 aliphatic rings. The molecule has 1 fully saturated rings. The van der Waals surface area contributed by atoms with Crippen LogP contribution in [0.3, 0.4) is 0 Å². The number of hydrogen-bond donors (Lipinski definition) is 1. The summed E-state index contributed by atoms with van der Waals surface area (Å²) in [6.07, 6.45) is 0. The molecule has 0 spiro atoms. The first-order valence-electron chi connectivity index (χ1n) is 8.31. The number of nitrogens with one attached hydrogen (secondary N) is 1. The van der Waals surface area contributed by atoms with Crippen molar-refractivity contribution in [1.82, 2.24) is 20.0 Å². The number of hydrogen-bond acceptors (Lipinski definition) is 4. The van der Waals surface area contributed by atoms with E-state index in [0.29, 0.717) is 5.02 Å². The second-order valence-corrected chi connectivity index (χ2v) is 7.83. The minimum absolute atomic E-state index is 0. The molecule has 138 valence electrons. The first kappa shape index (κ1) is 19.2. The van der Waals surface area contributed by atoms with Gasteiger partial charge in [-0.15, -0.1) is 23.7 Å². The summed E-state index contributed by atoms with van der Waals surface area (Å²) in [6, 6.07) is 9.78. The van der Waals surface area contributed by atoms with Crippen LogP contribution < -0.4 is 5.32 Å². The Bertz CT molecular complexity index is 952. The van der Waals surface area contributed by atoms with Crippen LogP contribution in [0.2, 0.25) is 5.02 Å². The molecular weight excluding hydrogens is 391 g/mol. The van der Waals surface area contributed by atoms with E-state index in [9.17, 15) is 4.79 Å². The van der Waals surface area contributed by atoms with Crippen molar-refractivity contribution in [3.63, 3.8) is 0 Å². The largest absolute Gasteiger partial charge is 0.333 e. The zero-order valence-electron chi connectivity index (χ0n) is 14.5. The molecule has 8 heteroatoms. The SMILES string of the molecule is Cc1nn(-c2cccc(Cl)c2)c2sc(C(=O)N3CCNC[C@H]3C)cc12.Cl. The van der Waals surface area contributed by atoms with Gasteiger partial charge in [0, 0.05) is 36.1 Å². The zero-order valence-corrected chi connectivity index (χ0v) is 16.9. The fraction of sp³-hybridized carbons (Fsp3) is 0.333. The summed E-state index contributed by atoms with van der Waals surface area (Å²) >= 11 is 7.62. The number of fused-ring (bicyclic) bond motifs is 1. The maximum atomic E-state index is 12.9. The summed E-state index contributed by atoms with van der Waals surface area (Å²) < 4.78 is 1.87. The highest BCUT2D eigenvalue weighted by Gasteiger charge is 2.26. The van der Waals surface area contributed by atoms with Gasteiger partial charge in [0.2, 0.25) is 0 Å². The van der Waals surface area contributed by atoms with Gasteiger partial charge in [0.1, 0.15) is 4.83 Å². The Morgan fingerprint density at radius 3 is 2.92 bits per heavy atom. The van der Waals surface area contributed by atoms with Gasteiger partial charge in [0.05, 0.1) is 16.3 Å². The zero-order chi connectivity index (χ0) is 17.6. The highest BCUT2D eigenvalue weighted by Crippen LogP contribution is 2.32. The molecule has 1 aliphatic heterocycles. The second-order valence-electron chi connectivity index (χ2n) is 6.36. The summed E-state index contributed by atoms with van der Waals surface area (Å²) in [5.41, 5.74) is 1.82. The number of thiophene rings is 1.